The summed E-state index contributed by atoms with van der Waals surface area (Å²) in [6, 6.07) is 9.43. The third-order valence-electron chi connectivity index (χ3n) is 7.69. The zero-order valence-corrected chi connectivity index (χ0v) is 20.4. The van der Waals surface area contributed by atoms with Gasteiger partial charge in [-0.05, 0) is 66.7 Å². The van der Waals surface area contributed by atoms with Crippen LogP contribution in [-0.4, -0.2) is 46.6 Å². The van der Waals surface area contributed by atoms with Gasteiger partial charge in [0.05, 0.1) is 30.2 Å². The maximum absolute atomic E-state index is 12.9. The van der Waals surface area contributed by atoms with E-state index in [1.165, 1.54) is 16.0 Å². The van der Waals surface area contributed by atoms with Gasteiger partial charge in [0.1, 0.15) is 18.1 Å². The molecule has 2 fully saturated rings. The van der Waals surface area contributed by atoms with E-state index in [-0.39, 0.29) is 48.2 Å². The third kappa shape index (κ3) is 4.28. The van der Waals surface area contributed by atoms with Crippen molar-refractivity contribution in [2.45, 2.75) is 45.8 Å². The van der Waals surface area contributed by atoms with Crippen LogP contribution in [0.25, 0.3) is 11.6 Å². The quantitative estimate of drug-likeness (QED) is 0.478. The molecule has 2 amide bonds. The van der Waals surface area contributed by atoms with Crippen LogP contribution in [0.1, 0.15) is 50.3 Å². The predicted octanol–water partition coefficient (Wildman–Crippen LogP) is 4.09. The van der Waals surface area contributed by atoms with Crippen molar-refractivity contribution in [3.05, 3.63) is 64.9 Å². The van der Waals surface area contributed by atoms with E-state index in [4.69, 9.17) is 9.15 Å². The van der Waals surface area contributed by atoms with Gasteiger partial charge in [0.25, 0.3) is 0 Å². The fourth-order valence-electron chi connectivity index (χ4n) is 5.96. The first-order valence-corrected chi connectivity index (χ1v) is 12.4. The van der Waals surface area contributed by atoms with E-state index in [0.29, 0.717) is 31.0 Å². The molecule has 0 saturated carbocycles. The molecule has 4 atom stereocenters. The monoisotopic (exact) mass is 476 g/mol. The van der Waals surface area contributed by atoms with Gasteiger partial charge in [-0.1, -0.05) is 25.5 Å². The molecule has 2 aromatic heterocycles. The topological polar surface area (TPSA) is 92.9 Å². The van der Waals surface area contributed by atoms with E-state index in [0.717, 1.165) is 17.7 Å². The Morgan fingerprint density at radius 1 is 1.20 bits per heavy atom. The Balaban J connectivity index is 1.43. The van der Waals surface area contributed by atoms with E-state index in [1.54, 1.807) is 19.3 Å². The highest BCUT2D eigenvalue weighted by Gasteiger charge is 2.56. The number of carbonyl (C=O) groups is 2. The second-order valence-corrected chi connectivity index (χ2v) is 10.0. The zero-order chi connectivity index (χ0) is 24.7. The highest BCUT2D eigenvalue weighted by molar-refractivity contribution is 6.05. The van der Waals surface area contributed by atoms with Crippen LogP contribution in [0.15, 0.2) is 52.1 Å². The van der Waals surface area contributed by atoms with Crippen LogP contribution in [0, 0.1) is 23.7 Å². The number of aliphatic hydroxyl groups excluding tert-OH is 1. The lowest BCUT2D eigenvalue weighted by Gasteiger charge is -2.33. The molecule has 2 aliphatic heterocycles. The Morgan fingerprint density at radius 2 is 2.03 bits per heavy atom. The molecule has 7 heteroatoms. The molecule has 2 aromatic rings. The summed E-state index contributed by atoms with van der Waals surface area (Å²) in [6.45, 7) is 4.66. The largest absolute Gasteiger partial charge is 0.459 e. The standard InChI is InChI=1S/C28H32N2O5/c1-16(2)20-13-21-26(28(33)30(3)27(21)32)22-15-34-24(25(20)22)10-7-17(23-6-4-5-11-29-23)12-18-8-9-19(14-31)35-18/h4-6,8-9,11-12,16,21-22,24,26,31H,7,10,13-15H2,1-3H3/b17-12-/t21-,22+,24-,26-/m1/s1. The van der Waals surface area contributed by atoms with E-state index in [1.807, 2.05) is 30.3 Å². The average molecular weight is 477 g/mol. The Morgan fingerprint density at radius 3 is 2.71 bits per heavy atom. The number of rotatable bonds is 7. The van der Waals surface area contributed by atoms with Gasteiger partial charge in [-0.25, -0.2) is 0 Å². The van der Waals surface area contributed by atoms with Crippen molar-refractivity contribution in [3.8, 4) is 0 Å². The number of aliphatic hydroxyl groups is 1. The molecule has 184 valence electrons. The highest BCUT2D eigenvalue weighted by atomic mass is 16.5. The Hall–Kier alpha value is -3.03. The van der Waals surface area contributed by atoms with Crippen molar-refractivity contribution < 1.29 is 23.8 Å². The number of amides is 2. The number of allylic oxidation sites excluding steroid dienone is 2. The number of aromatic nitrogens is 1. The van der Waals surface area contributed by atoms with Crippen LogP contribution in [0.2, 0.25) is 0 Å². The van der Waals surface area contributed by atoms with Crippen LogP contribution in [0.4, 0.5) is 0 Å². The first kappa shape index (κ1) is 23.7. The normalized spacial score (nSPS) is 26.7. The first-order chi connectivity index (χ1) is 16.9. The molecule has 2 saturated heterocycles. The molecule has 1 aliphatic carbocycles. The molecule has 0 unspecified atom stereocenters. The van der Waals surface area contributed by atoms with E-state index in [2.05, 4.69) is 18.8 Å². The van der Waals surface area contributed by atoms with Crippen LogP contribution in [0.3, 0.4) is 0 Å². The van der Waals surface area contributed by atoms with Crippen LogP contribution >= 0.6 is 0 Å². The molecular weight excluding hydrogens is 444 g/mol. The number of hydrogen-bond donors (Lipinski definition) is 1. The van der Waals surface area contributed by atoms with Crippen molar-refractivity contribution in [2.75, 3.05) is 13.7 Å². The van der Waals surface area contributed by atoms with Crippen LogP contribution in [0.5, 0.6) is 0 Å². The molecule has 5 rings (SSSR count). The average Bonchev–Trinajstić information content (AvgIpc) is 3.56. The van der Waals surface area contributed by atoms with Gasteiger partial charge in [-0.3, -0.25) is 19.5 Å². The Bertz CT molecular complexity index is 1180. The van der Waals surface area contributed by atoms with Crippen molar-refractivity contribution in [1.29, 1.82) is 0 Å². The SMILES string of the molecule is CC(C)C1=C2[C@@H](CC/C(=C/c3ccc(CO)o3)c3ccccn3)OC[C@@H]2[C@@H]2C(=O)N(C)C(=O)[C@@H]2C1. The summed E-state index contributed by atoms with van der Waals surface area (Å²) in [4.78, 5) is 31.6. The smallest absolute Gasteiger partial charge is 0.233 e. The lowest BCUT2D eigenvalue weighted by molar-refractivity contribution is -0.138. The second-order valence-electron chi connectivity index (χ2n) is 10.0. The number of ether oxygens (including phenoxy) is 1. The van der Waals surface area contributed by atoms with Crippen molar-refractivity contribution in [2.24, 2.45) is 23.7 Å². The lowest BCUT2D eigenvalue weighted by atomic mass is 9.67. The van der Waals surface area contributed by atoms with Crippen LogP contribution in [-0.2, 0) is 20.9 Å². The van der Waals surface area contributed by atoms with Crippen molar-refractivity contribution >= 4 is 23.5 Å². The van der Waals surface area contributed by atoms with E-state index >= 15 is 0 Å². The van der Waals surface area contributed by atoms with Gasteiger partial charge in [-0.15, -0.1) is 0 Å². The summed E-state index contributed by atoms with van der Waals surface area (Å²) in [5.74, 6) is 0.756. The van der Waals surface area contributed by atoms with Crippen molar-refractivity contribution in [3.63, 3.8) is 0 Å². The molecule has 0 aromatic carbocycles. The van der Waals surface area contributed by atoms with Crippen LogP contribution < -0.4 is 0 Å². The van der Waals surface area contributed by atoms with E-state index in [9.17, 15) is 14.7 Å². The number of imide groups is 1. The Kier molecular flexibility index (Phi) is 6.47. The van der Waals surface area contributed by atoms with Gasteiger partial charge < -0.3 is 14.3 Å². The number of hydrogen-bond acceptors (Lipinski definition) is 6. The summed E-state index contributed by atoms with van der Waals surface area (Å²) in [6.07, 6.45) is 5.74. The number of carbonyl (C=O) groups excluding carboxylic acids is 2. The van der Waals surface area contributed by atoms with E-state index < -0.39 is 0 Å². The summed E-state index contributed by atoms with van der Waals surface area (Å²) < 4.78 is 12.0. The highest BCUT2D eigenvalue weighted by Crippen LogP contribution is 2.51. The summed E-state index contributed by atoms with van der Waals surface area (Å²) in [5.41, 5.74) is 4.39. The molecular formula is C28H32N2O5. The fourth-order valence-corrected chi connectivity index (χ4v) is 5.96. The second kappa shape index (κ2) is 9.55. The first-order valence-electron chi connectivity index (χ1n) is 12.4. The molecule has 0 radical (unpaired) electrons. The van der Waals surface area contributed by atoms with Gasteiger partial charge in [-0.2, -0.15) is 0 Å². The Labute approximate surface area is 205 Å². The molecule has 4 heterocycles. The number of likely N-dealkylation sites (tertiary alicyclic amines) is 1. The van der Waals surface area contributed by atoms with Gasteiger partial charge >= 0.3 is 0 Å². The number of nitrogens with zero attached hydrogens (tertiary/aromatic N) is 2. The summed E-state index contributed by atoms with van der Waals surface area (Å²) >= 11 is 0. The fraction of sp³-hybridized carbons (Fsp3) is 0.464. The molecule has 3 aliphatic rings. The molecule has 1 N–H and O–H groups in total. The minimum Gasteiger partial charge on any atom is -0.459 e. The lowest BCUT2D eigenvalue weighted by Crippen LogP contribution is -2.34. The predicted molar refractivity (Wildman–Crippen MR) is 130 cm³/mol. The van der Waals surface area contributed by atoms with Gasteiger partial charge in [0, 0.05) is 19.2 Å². The zero-order valence-electron chi connectivity index (χ0n) is 20.4. The summed E-state index contributed by atoms with van der Waals surface area (Å²) in [5, 5.41) is 9.35. The maximum Gasteiger partial charge on any atom is 0.233 e. The maximum atomic E-state index is 12.9. The molecule has 35 heavy (non-hydrogen) atoms. The van der Waals surface area contributed by atoms with Gasteiger partial charge in [0.2, 0.25) is 11.8 Å². The van der Waals surface area contributed by atoms with Gasteiger partial charge in [0.15, 0.2) is 0 Å². The summed E-state index contributed by atoms with van der Waals surface area (Å²) in [7, 11) is 1.60. The number of fused-ring (bicyclic) bond motifs is 3. The van der Waals surface area contributed by atoms with Crippen molar-refractivity contribution in [1.82, 2.24) is 9.88 Å². The number of pyridine rings is 1. The number of furan rings is 1. The minimum absolute atomic E-state index is 0.0305. The molecule has 0 spiro atoms. The molecule has 7 nitrogen and oxygen atoms in total. The minimum atomic E-state index is -0.305. The molecule has 0 bridgehead atoms. The third-order valence-corrected chi connectivity index (χ3v) is 7.69.